The van der Waals surface area contributed by atoms with Crippen LogP contribution in [0, 0.1) is 0 Å². The smallest absolute Gasteiger partial charge is 0.212 e. The number of nitrogens with zero attached hydrogens (tertiary/aromatic N) is 4. The van der Waals surface area contributed by atoms with Crippen molar-refractivity contribution in [3.8, 4) is 11.1 Å². The van der Waals surface area contributed by atoms with E-state index in [9.17, 15) is 0 Å². The summed E-state index contributed by atoms with van der Waals surface area (Å²) in [4.78, 5) is 13.8. The maximum Gasteiger partial charge on any atom is 0.212 e. The highest BCUT2D eigenvalue weighted by Gasteiger charge is 2.28. The van der Waals surface area contributed by atoms with Crippen LogP contribution >= 0.6 is 0 Å². The summed E-state index contributed by atoms with van der Waals surface area (Å²) < 4.78 is 22.5. The van der Waals surface area contributed by atoms with Crippen LogP contribution in [0.4, 0.5) is 5.82 Å². The number of aromatic nitrogens is 1. The van der Waals surface area contributed by atoms with E-state index in [1.165, 1.54) is 16.7 Å². The van der Waals surface area contributed by atoms with Crippen LogP contribution in [0.25, 0.3) is 11.1 Å². The lowest BCUT2D eigenvalue weighted by Gasteiger charge is -2.36. The highest BCUT2D eigenvalue weighted by atomic mass is 16.6. The van der Waals surface area contributed by atoms with Gasteiger partial charge >= 0.3 is 0 Å². The van der Waals surface area contributed by atoms with Crippen molar-refractivity contribution in [3.63, 3.8) is 0 Å². The van der Waals surface area contributed by atoms with Crippen molar-refractivity contribution < 1.29 is 18.9 Å². The number of fused-ring (bicyclic) bond motifs is 3. The standard InChI is InChI=1S/C26H30N4O4/c1-3-23-20(13-19(1)21-2-4-25(27-15-21)29-7-9-31-10-8-29)5-6-30-18-28-26(14-24(23)30)34-17-22-16-32-11-12-33-22/h1-4,13-15,18,22,24H,5-12,16-17H2. The van der Waals surface area contributed by atoms with E-state index in [1.807, 2.05) is 12.5 Å². The first-order chi connectivity index (χ1) is 16.8. The zero-order valence-electron chi connectivity index (χ0n) is 19.3. The van der Waals surface area contributed by atoms with Crippen molar-refractivity contribution in [2.75, 3.05) is 64.2 Å². The van der Waals surface area contributed by atoms with E-state index in [4.69, 9.17) is 23.9 Å². The molecule has 2 saturated heterocycles. The van der Waals surface area contributed by atoms with Gasteiger partial charge in [0.15, 0.2) is 0 Å². The first kappa shape index (κ1) is 21.6. The molecule has 0 amide bonds. The van der Waals surface area contributed by atoms with Gasteiger partial charge in [0, 0.05) is 37.5 Å². The summed E-state index contributed by atoms with van der Waals surface area (Å²) in [5.74, 6) is 1.67. The molecule has 4 aliphatic rings. The molecule has 6 rings (SSSR count). The summed E-state index contributed by atoms with van der Waals surface area (Å²) in [5.41, 5.74) is 5.01. The zero-order chi connectivity index (χ0) is 22.7. The highest BCUT2D eigenvalue weighted by Crippen LogP contribution is 2.35. The molecule has 2 unspecified atom stereocenters. The number of rotatable bonds is 5. The molecule has 1 aromatic carbocycles. The number of benzene rings is 1. The van der Waals surface area contributed by atoms with E-state index in [1.54, 1.807) is 0 Å². The Kier molecular flexibility index (Phi) is 6.18. The normalized spacial score (nSPS) is 24.3. The molecule has 2 aromatic rings. The van der Waals surface area contributed by atoms with Gasteiger partial charge in [-0.25, -0.2) is 9.98 Å². The lowest BCUT2D eigenvalue weighted by atomic mass is 9.89. The average Bonchev–Trinajstić information content (AvgIpc) is 2.92. The van der Waals surface area contributed by atoms with Crippen molar-refractivity contribution in [1.82, 2.24) is 9.88 Å². The van der Waals surface area contributed by atoms with E-state index < -0.39 is 0 Å². The first-order valence-corrected chi connectivity index (χ1v) is 12.1. The Morgan fingerprint density at radius 3 is 2.71 bits per heavy atom. The summed E-state index contributed by atoms with van der Waals surface area (Å²) in [6, 6.07) is 11.2. The van der Waals surface area contributed by atoms with E-state index in [2.05, 4.69) is 51.2 Å². The zero-order valence-corrected chi connectivity index (χ0v) is 19.3. The molecule has 5 heterocycles. The third-order valence-electron chi connectivity index (χ3n) is 6.81. The van der Waals surface area contributed by atoms with Gasteiger partial charge in [-0.05, 0) is 35.2 Å². The molecule has 2 atom stereocenters. The molecule has 0 aliphatic carbocycles. The van der Waals surface area contributed by atoms with Gasteiger partial charge < -0.3 is 28.7 Å². The number of ether oxygens (including phenoxy) is 4. The molecule has 0 N–H and O–H groups in total. The maximum absolute atomic E-state index is 5.95. The van der Waals surface area contributed by atoms with Gasteiger partial charge in [-0.2, -0.15) is 0 Å². The van der Waals surface area contributed by atoms with Gasteiger partial charge in [0.05, 0.1) is 45.4 Å². The Balaban J connectivity index is 1.17. The van der Waals surface area contributed by atoms with Gasteiger partial charge in [-0.1, -0.05) is 18.2 Å². The van der Waals surface area contributed by atoms with Crippen LogP contribution in [0.3, 0.4) is 0 Å². The Morgan fingerprint density at radius 2 is 1.88 bits per heavy atom. The minimum atomic E-state index is -0.0349. The van der Waals surface area contributed by atoms with Gasteiger partial charge in [-0.3, -0.25) is 0 Å². The Bertz CT molecular complexity index is 1060. The number of aliphatic imine (C=N–C) groups is 1. The minimum Gasteiger partial charge on any atom is -0.475 e. The second-order valence-corrected chi connectivity index (χ2v) is 8.98. The average molecular weight is 463 g/mol. The van der Waals surface area contributed by atoms with Gasteiger partial charge in [0.2, 0.25) is 5.88 Å². The molecule has 34 heavy (non-hydrogen) atoms. The number of hydrogen-bond donors (Lipinski definition) is 0. The number of hydrogen-bond acceptors (Lipinski definition) is 8. The van der Waals surface area contributed by atoms with Crippen LogP contribution in [-0.2, 0) is 25.4 Å². The van der Waals surface area contributed by atoms with Crippen molar-refractivity contribution in [1.29, 1.82) is 0 Å². The van der Waals surface area contributed by atoms with Gasteiger partial charge in [0.1, 0.15) is 18.5 Å². The molecule has 0 saturated carbocycles. The molecule has 178 valence electrons. The second kappa shape index (κ2) is 9.74. The summed E-state index contributed by atoms with van der Waals surface area (Å²) in [7, 11) is 0. The quantitative estimate of drug-likeness (QED) is 0.677. The van der Waals surface area contributed by atoms with Crippen molar-refractivity contribution in [2.24, 2.45) is 4.99 Å². The molecule has 8 heteroatoms. The third kappa shape index (κ3) is 4.53. The highest BCUT2D eigenvalue weighted by molar-refractivity contribution is 5.67. The lowest BCUT2D eigenvalue weighted by molar-refractivity contribution is -0.108. The molecular weight excluding hydrogens is 432 g/mol. The predicted molar refractivity (Wildman–Crippen MR) is 129 cm³/mol. The summed E-state index contributed by atoms with van der Waals surface area (Å²) in [6.07, 6.45) is 6.95. The van der Waals surface area contributed by atoms with Crippen molar-refractivity contribution in [3.05, 3.63) is 59.6 Å². The lowest BCUT2D eigenvalue weighted by Crippen LogP contribution is -2.36. The van der Waals surface area contributed by atoms with Gasteiger partial charge in [0.25, 0.3) is 0 Å². The maximum atomic E-state index is 5.95. The van der Waals surface area contributed by atoms with Crippen LogP contribution in [-0.4, -0.2) is 81.6 Å². The van der Waals surface area contributed by atoms with Crippen LogP contribution in [0.1, 0.15) is 17.2 Å². The Morgan fingerprint density at radius 1 is 0.971 bits per heavy atom. The van der Waals surface area contributed by atoms with Crippen LogP contribution < -0.4 is 4.90 Å². The molecule has 0 spiro atoms. The van der Waals surface area contributed by atoms with Crippen LogP contribution in [0.5, 0.6) is 0 Å². The summed E-state index contributed by atoms with van der Waals surface area (Å²) >= 11 is 0. The van der Waals surface area contributed by atoms with E-state index >= 15 is 0 Å². The van der Waals surface area contributed by atoms with Gasteiger partial charge in [-0.15, -0.1) is 0 Å². The predicted octanol–water partition coefficient (Wildman–Crippen LogP) is 2.80. The third-order valence-corrected chi connectivity index (χ3v) is 6.81. The Hall–Kier alpha value is -2.94. The number of anilines is 1. The van der Waals surface area contributed by atoms with E-state index in [0.29, 0.717) is 32.3 Å². The molecule has 0 radical (unpaired) electrons. The minimum absolute atomic E-state index is 0.0349. The molecule has 8 nitrogen and oxygen atoms in total. The molecule has 4 aliphatic heterocycles. The monoisotopic (exact) mass is 462 g/mol. The van der Waals surface area contributed by atoms with Crippen molar-refractivity contribution >= 4 is 12.2 Å². The fourth-order valence-corrected chi connectivity index (χ4v) is 4.91. The number of pyridine rings is 1. The molecular formula is C26H30N4O4. The SMILES string of the molecule is C1=NC(OCC2COCCO2)=CC2c3ccc(-c4ccc(N5CCOCC5)nc4)cc3CCN12. The summed E-state index contributed by atoms with van der Waals surface area (Å²) in [6.45, 7) is 6.55. The van der Waals surface area contributed by atoms with E-state index in [0.717, 1.165) is 50.7 Å². The fourth-order valence-electron chi connectivity index (χ4n) is 4.91. The Labute approximate surface area is 199 Å². The van der Waals surface area contributed by atoms with Crippen LogP contribution in [0.15, 0.2) is 53.5 Å². The second-order valence-electron chi connectivity index (χ2n) is 8.98. The van der Waals surface area contributed by atoms with E-state index in [-0.39, 0.29) is 12.1 Å². The molecule has 1 aromatic heterocycles. The first-order valence-electron chi connectivity index (χ1n) is 12.1. The molecule has 0 bridgehead atoms. The largest absolute Gasteiger partial charge is 0.475 e. The summed E-state index contributed by atoms with van der Waals surface area (Å²) in [5, 5.41) is 0. The van der Waals surface area contributed by atoms with Crippen LogP contribution in [0.2, 0.25) is 0 Å². The number of morpholine rings is 1. The van der Waals surface area contributed by atoms with Crippen molar-refractivity contribution in [2.45, 2.75) is 18.6 Å². The molecule has 2 fully saturated rings. The fraction of sp³-hybridized carbons (Fsp3) is 0.462. The topological polar surface area (TPSA) is 68.6 Å².